The third kappa shape index (κ3) is 2.83. The molecule has 29 heavy (non-hydrogen) atoms. The summed E-state index contributed by atoms with van der Waals surface area (Å²) in [6, 6.07) is 25.1. The Morgan fingerprint density at radius 2 is 1.86 bits per heavy atom. The Labute approximate surface area is 177 Å². The number of halogens is 1. The van der Waals surface area contributed by atoms with Gasteiger partial charge in [0.15, 0.2) is 0 Å². The van der Waals surface area contributed by atoms with Gasteiger partial charge in [-0.2, -0.15) is 5.10 Å². The number of hydrogen-bond acceptors (Lipinski definition) is 4. The van der Waals surface area contributed by atoms with Gasteiger partial charge in [0.1, 0.15) is 5.75 Å². The number of ether oxygens (including phenoxy) is 1. The van der Waals surface area contributed by atoms with Crippen molar-refractivity contribution in [3.63, 3.8) is 0 Å². The molecule has 6 rings (SSSR count). The lowest BCUT2D eigenvalue weighted by molar-refractivity contribution is -0.0165. The predicted octanol–water partition coefficient (Wildman–Crippen LogP) is 6.80. The molecule has 0 amide bonds. The van der Waals surface area contributed by atoms with Crippen molar-refractivity contribution in [3.05, 3.63) is 99.2 Å². The van der Waals surface area contributed by atoms with E-state index < -0.39 is 0 Å². The summed E-state index contributed by atoms with van der Waals surface area (Å²) in [5, 5.41) is 12.4. The first-order valence-corrected chi connectivity index (χ1v) is 10.9. The van der Waals surface area contributed by atoms with E-state index >= 15 is 0 Å². The first-order chi connectivity index (χ1) is 14.3. The van der Waals surface area contributed by atoms with Gasteiger partial charge >= 0.3 is 0 Å². The highest BCUT2D eigenvalue weighted by atomic mass is 35.5. The van der Waals surface area contributed by atoms with E-state index in [9.17, 15) is 0 Å². The molecule has 0 saturated carbocycles. The van der Waals surface area contributed by atoms with Crippen LogP contribution in [0, 0.1) is 0 Å². The summed E-state index contributed by atoms with van der Waals surface area (Å²) >= 11 is 8.01. The SMILES string of the molecule is Clc1ccc2c(c1)[C@@H]1CC(c3ccc4ccccc4c3)=NN1[C@@H](c1cccs1)O2. The Balaban J connectivity index is 1.46. The highest BCUT2D eigenvalue weighted by Gasteiger charge is 2.41. The van der Waals surface area contributed by atoms with Crippen molar-refractivity contribution < 1.29 is 4.74 Å². The van der Waals surface area contributed by atoms with Crippen molar-refractivity contribution in [3.8, 4) is 5.75 Å². The number of hydrogen-bond donors (Lipinski definition) is 0. The van der Waals surface area contributed by atoms with Gasteiger partial charge < -0.3 is 4.74 Å². The van der Waals surface area contributed by atoms with Crippen LogP contribution in [0.2, 0.25) is 5.02 Å². The summed E-state index contributed by atoms with van der Waals surface area (Å²) in [5.41, 5.74) is 3.34. The van der Waals surface area contributed by atoms with Crippen LogP contribution in [0.5, 0.6) is 5.75 Å². The molecule has 2 atom stereocenters. The minimum absolute atomic E-state index is 0.117. The number of thiophene rings is 1. The lowest BCUT2D eigenvalue weighted by atomic mass is 9.95. The van der Waals surface area contributed by atoms with Crippen molar-refractivity contribution >= 4 is 39.4 Å². The molecule has 0 saturated heterocycles. The molecule has 0 spiro atoms. The number of hydrazone groups is 1. The van der Waals surface area contributed by atoms with Crippen LogP contribution in [0.3, 0.4) is 0 Å². The van der Waals surface area contributed by atoms with Gasteiger partial charge in [0.05, 0.1) is 16.6 Å². The molecule has 2 aliphatic heterocycles. The Bertz CT molecular complexity index is 1250. The van der Waals surface area contributed by atoms with E-state index in [1.54, 1.807) is 11.3 Å². The maximum absolute atomic E-state index is 6.37. The van der Waals surface area contributed by atoms with Crippen LogP contribution in [0.25, 0.3) is 10.8 Å². The molecule has 0 fully saturated rings. The Kier molecular flexibility index (Phi) is 3.89. The topological polar surface area (TPSA) is 24.8 Å². The lowest BCUT2D eigenvalue weighted by Crippen LogP contribution is -2.33. The molecule has 142 valence electrons. The van der Waals surface area contributed by atoms with Gasteiger partial charge in [0, 0.05) is 17.0 Å². The molecular formula is C24H17ClN2OS. The van der Waals surface area contributed by atoms with Crippen LogP contribution in [0.15, 0.2) is 83.3 Å². The van der Waals surface area contributed by atoms with Gasteiger partial charge in [-0.05, 0) is 52.0 Å². The molecule has 3 heterocycles. The van der Waals surface area contributed by atoms with Gasteiger partial charge in [-0.1, -0.05) is 54.1 Å². The maximum Gasteiger partial charge on any atom is 0.222 e. The van der Waals surface area contributed by atoms with Crippen LogP contribution in [0.4, 0.5) is 0 Å². The van der Waals surface area contributed by atoms with Crippen molar-refractivity contribution in [2.75, 3.05) is 0 Å². The third-order valence-electron chi connectivity index (χ3n) is 5.62. The first kappa shape index (κ1) is 17.1. The zero-order valence-corrected chi connectivity index (χ0v) is 17.0. The molecule has 3 nitrogen and oxygen atoms in total. The van der Waals surface area contributed by atoms with Crippen LogP contribution < -0.4 is 4.74 Å². The highest BCUT2D eigenvalue weighted by Crippen LogP contribution is 2.48. The van der Waals surface area contributed by atoms with Crippen LogP contribution in [-0.4, -0.2) is 10.7 Å². The molecule has 3 aromatic carbocycles. The van der Waals surface area contributed by atoms with Crippen molar-refractivity contribution in [1.29, 1.82) is 0 Å². The molecule has 0 radical (unpaired) electrons. The van der Waals surface area contributed by atoms with Crippen LogP contribution in [-0.2, 0) is 0 Å². The minimum Gasteiger partial charge on any atom is -0.464 e. The highest BCUT2D eigenvalue weighted by molar-refractivity contribution is 7.10. The quantitative estimate of drug-likeness (QED) is 0.359. The fraction of sp³-hybridized carbons (Fsp3) is 0.125. The fourth-order valence-corrected chi connectivity index (χ4v) is 5.15. The average Bonchev–Trinajstić information content (AvgIpc) is 3.43. The molecular weight excluding hydrogens is 400 g/mol. The summed E-state index contributed by atoms with van der Waals surface area (Å²) in [4.78, 5) is 1.15. The normalized spacial score (nSPS) is 20.2. The predicted molar refractivity (Wildman–Crippen MR) is 119 cm³/mol. The number of rotatable bonds is 2. The zero-order valence-electron chi connectivity index (χ0n) is 15.5. The largest absolute Gasteiger partial charge is 0.464 e. The van der Waals surface area contributed by atoms with Crippen molar-refractivity contribution in [2.24, 2.45) is 5.10 Å². The molecule has 2 aliphatic rings. The third-order valence-corrected chi connectivity index (χ3v) is 6.76. The van der Waals surface area contributed by atoms with E-state index in [-0.39, 0.29) is 12.3 Å². The molecule has 0 aliphatic carbocycles. The molecule has 0 N–H and O–H groups in total. The van der Waals surface area contributed by atoms with E-state index in [1.165, 1.54) is 10.8 Å². The van der Waals surface area contributed by atoms with E-state index in [1.807, 2.05) is 18.2 Å². The molecule has 1 aromatic heterocycles. The second-order valence-corrected chi connectivity index (χ2v) is 8.79. The average molecular weight is 417 g/mol. The smallest absolute Gasteiger partial charge is 0.222 e. The number of fused-ring (bicyclic) bond motifs is 4. The summed E-state index contributed by atoms with van der Waals surface area (Å²) in [6.45, 7) is 0. The minimum atomic E-state index is -0.216. The molecule has 0 unspecified atom stereocenters. The van der Waals surface area contributed by atoms with E-state index in [2.05, 4.69) is 65.0 Å². The van der Waals surface area contributed by atoms with E-state index in [4.69, 9.17) is 21.4 Å². The van der Waals surface area contributed by atoms with Gasteiger partial charge in [-0.15, -0.1) is 11.3 Å². The monoisotopic (exact) mass is 416 g/mol. The number of benzene rings is 3. The second kappa shape index (κ2) is 6.61. The Hall–Kier alpha value is -2.82. The van der Waals surface area contributed by atoms with Crippen LogP contribution in [0.1, 0.15) is 34.7 Å². The lowest BCUT2D eigenvalue weighted by Gasteiger charge is -2.37. The summed E-state index contributed by atoms with van der Waals surface area (Å²) in [6.07, 6.45) is 0.614. The second-order valence-electron chi connectivity index (χ2n) is 7.38. The number of nitrogens with zero attached hydrogens (tertiary/aromatic N) is 2. The molecule has 4 aromatic rings. The Morgan fingerprint density at radius 3 is 2.72 bits per heavy atom. The maximum atomic E-state index is 6.37. The standard InChI is InChI=1S/C24H17ClN2OS/c25-18-9-10-22-19(13-18)21-14-20(17-8-7-15-4-1-2-5-16(15)12-17)26-27(21)24(28-22)23-6-3-11-29-23/h1-13,21,24H,14H2/t21-,24+/m0/s1. The molecule has 5 heteroatoms. The summed E-state index contributed by atoms with van der Waals surface area (Å²) in [7, 11) is 0. The van der Waals surface area contributed by atoms with Gasteiger partial charge in [-0.3, -0.25) is 0 Å². The zero-order chi connectivity index (χ0) is 19.4. The van der Waals surface area contributed by atoms with E-state index in [0.29, 0.717) is 0 Å². The van der Waals surface area contributed by atoms with Crippen LogP contribution >= 0.6 is 22.9 Å². The van der Waals surface area contributed by atoms with Gasteiger partial charge in [0.25, 0.3) is 0 Å². The van der Waals surface area contributed by atoms with E-state index in [0.717, 1.165) is 38.9 Å². The van der Waals surface area contributed by atoms with Gasteiger partial charge in [-0.25, -0.2) is 5.01 Å². The van der Waals surface area contributed by atoms with Crippen molar-refractivity contribution in [2.45, 2.75) is 18.7 Å². The first-order valence-electron chi connectivity index (χ1n) is 9.61. The Morgan fingerprint density at radius 1 is 0.966 bits per heavy atom. The van der Waals surface area contributed by atoms with Gasteiger partial charge in [0.2, 0.25) is 6.23 Å². The molecule has 0 bridgehead atoms. The summed E-state index contributed by atoms with van der Waals surface area (Å²) in [5.74, 6) is 0.893. The van der Waals surface area contributed by atoms with Crippen molar-refractivity contribution in [1.82, 2.24) is 5.01 Å². The fourth-order valence-electron chi connectivity index (χ4n) is 4.22. The summed E-state index contributed by atoms with van der Waals surface area (Å²) < 4.78 is 6.37.